The van der Waals surface area contributed by atoms with E-state index in [0.29, 0.717) is 17.3 Å². The Balaban J connectivity index is 1.68. The number of phenols is 1. The number of ketones is 1. The van der Waals surface area contributed by atoms with Crippen molar-refractivity contribution in [2.24, 2.45) is 5.92 Å². The Morgan fingerprint density at radius 1 is 1.28 bits per heavy atom. The molecule has 1 aromatic carbocycles. The van der Waals surface area contributed by atoms with E-state index in [9.17, 15) is 24.6 Å². The van der Waals surface area contributed by atoms with Crippen LogP contribution in [0.2, 0.25) is 0 Å². The highest BCUT2D eigenvalue weighted by Crippen LogP contribution is 2.48. The summed E-state index contributed by atoms with van der Waals surface area (Å²) in [4.78, 5) is 37.4. The molecule has 1 amide bonds. The zero-order valence-electron chi connectivity index (χ0n) is 13.5. The highest BCUT2D eigenvalue weighted by molar-refractivity contribution is 6.05. The van der Waals surface area contributed by atoms with Crippen LogP contribution in [-0.2, 0) is 16.1 Å². The van der Waals surface area contributed by atoms with Gasteiger partial charge >= 0.3 is 5.97 Å². The number of benzene rings is 1. The van der Waals surface area contributed by atoms with Crippen molar-refractivity contribution in [2.75, 3.05) is 0 Å². The second-order valence-electron chi connectivity index (χ2n) is 6.72. The van der Waals surface area contributed by atoms with Gasteiger partial charge in [-0.2, -0.15) is 5.10 Å². The smallest absolute Gasteiger partial charge is 0.326 e. The third-order valence-corrected chi connectivity index (χ3v) is 5.03. The van der Waals surface area contributed by atoms with Crippen molar-refractivity contribution in [3.63, 3.8) is 0 Å². The Morgan fingerprint density at radius 2 is 2.04 bits per heavy atom. The van der Waals surface area contributed by atoms with Gasteiger partial charge in [-0.3, -0.25) is 14.3 Å². The monoisotopic (exact) mass is 343 g/mol. The molecule has 0 spiro atoms. The third-order valence-electron chi connectivity index (χ3n) is 5.03. The molecule has 25 heavy (non-hydrogen) atoms. The molecule has 1 aliphatic carbocycles. The molecule has 4 rings (SSSR count). The van der Waals surface area contributed by atoms with Gasteiger partial charge in [-0.15, -0.1) is 0 Å². The zero-order valence-corrected chi connectivity index (χ0v) is 13.5. The van der Waals surface area contributed by atoms with Crippen LogP contribution in [0.25, 0.3) is 10.9 Å². The number of phenolic OH excluding ortho intramolecular Hbond substituents is 1. The second kappa shape index (κ2) is 5.30. The number of carboxylic acid groups (broad SMARTS) is 1. The molecule has 1 saturated carbocycles. The van der Waals surface area contributed by atoms with Crippen LogP contribution in [0.1, 0.15) is 30.3 Å². The van der Waals surface area contributed by atoms with E-state index in [4.69, 9.17) is 0 Å². The maximum atomic E-state index is 12.7. The maximum absolute atomic E-state index is 12.7. The van der Waals surface area contributed by atoms with Gasteiger partial charge in [-0.1, -0.05) is 0 Å². The molecule has 2 aromatic rings. The fourth-order valence-electron chi connectivity index (χ4n) is 3.79. The summed E-state index contributed by atoms with van der Waals surface area (Å²) in [6.45, 7) is 1.23. The number of piperidine rings is 1. The zero-order chi connectivity index (χ0) is 17.9. The van der Waals surface area contributed by atoms with E-state index in [1.807, 2.05) is 0 Å². The number of rotatable bonds is 4. The van der Waals surface area contributed by atoms with Gasteiger partial charge in [0.15, 0.2) is 5.78 Å². The molecule has 130 valence electrons. The van der Waals surface area contributed by atoms with Crippen LogP contribution in [0, 0.1) is 5.92 Å². The van der Waals surface area contributed by atoms with Gasteiger partial charge in [0.1, 0.15) is 24.0 Å². The van der Waals surface area contributed by atoms with Crippen molar-refractivity contribution >= 4 is 28.6 Å². The minimum absolute atomic E-state index is 0.00625. The molecule has 2 fully saturated rings. The van der Waals surface area contributed by atoms with Crippen LogP contribution in [0.4, 0.5) is 0 Å². The fourth-order valence-corrected chi connectivity index (χ4v) is 3.79. The summed E-state index contributed by atoms with van der Waals surface area (Å²) in [6, 6.07) is 3.71. The lowest BCUT2D eigenvalue weighted by Gasteiger charge is -2.24. The highest BCUT2D eigenvalue weighted by atomic mass is 16.4. The van der Waals surface area contributed by atoms with Gasteiger partial charge in [0, 0.05) is 18.4 Å². The fraction of sp³-hybridized carbons (Fsp3) is 0.412. The van der Waals surface area contributed by atoms with Gasteiger partial charge in [-0.05, 0) is 37.0 Å². The number of aromatic hydroxyl groups is 1. The Morgan fingerprint density at radius 3 is 2.72 bits per heavy atom. The third kappa shape index (κ3) is 2.45. The minimum Gasteiger partial charge on any atom is -0.508 e. The normalized spacial score (nSPS) is 24.4. The first kappa shape index (κ1) is 15.6. The Kier molecular flexibility index (Phi) is 3.31. The van der Waals surface area contributed by atoms with Crippen LogP contribution < -0.4 is 0 Å². The Hall–Kier alpha value is -2.90. The van der Waals surface area contributed by atoms with Crippen molar-refractivity contribution in [2.45, 2.75) is 38.4 Å². The molecular weight excluding hydrogens is 326 g/mol. The number of hydrogen-bond donors (Lipinski definition) is 2. The Labute approximate surface area is 142 Å². The van der Waals surface area contributed by atoms with E-state index in [0.717, 1.165) is 6.42 Å². The number of aromatic nitrogens is 2. The van der Waals surface area contributed by atoms with Crippen LogP contribution in [-0.4, -0.2) is 54.6 Å². The quantitative estimate of drug-likeness (QED) is 0.802. The van der Waals surface area contributed by atoms with E-state index < -0.39 is 12.0 Å². The number of amides is 1. The van der Waals surface area contributed by atoms with E-state index >= 15 is 0 Å². The summed E-state index contributed by atoms with van der Waals surface area (Å²) in [5.74, 6) is -1.28. The van der Waals surface area contributed by atoms with Gasteiger partial charge in [0.05, 0.1) is 5.52 Å². The topological polar surface area (TPSA) is 113 Å². The van der Waals surface area contributed by atoms with Gasteiger partial charge in [0.2, 0.25) is 5.91 Å². The lowest BCUT2D eigenvalue weighted by Crippen LogP contribution is -2.44. The number of fused-ring (bicyclic) bond motifs is 2. The summed E-state index contributed by atoms with van der Waals surface area (Å²) < 4.78 is 1.41. The molecule has 3 atom stereocenters. The summed E-state index contributed by atoms with van der Waals surface area (Å²) in [5.41, 5.74) is 0.731. The molecule has 2 heterocycles. The number of Topliss-reactive ketones (excluding diaryl/α,β-unsaturated/α-hetero) is 1. The SMILES string of the molecule is CC(=O)c1nn(CC(=O)N2[C@@H]3C[C@@H]3C[C@H]2C(=O)O)c2ccc(O)cc12. The van der Waals surface area contributed by atoms with Crippen molar-refractivity contribution in [3.05, 3.63) is 23.9 Å². The van der Waals surface area contributed by atoms with Gasteiger partial charge < -0.3 is 15.1 Å². The molecular formula is C17H17N3O5. The first-order valence-corrected chi connectivity index (χ1v) is 8.11. The van der Waals surface area contributed by atoms with E-state index in [-0.39, 0.29) is 41.6 Å². The summed E-state index contributed by atoms with van der Waals surface area (Å²) in [6.07, 6.45) is 1.35. The van der Waals surface area contributed by atoms with Gasteiger partial charge in [-0.25, -0.2) is 4.79 Å². The van der Waals surface area contributed by atoms with Crippen LogP contribution >= 0.6 is 0 Å². The lowest BCUT2D eigenvalue weighted by atomic mass is 10.1. The van der Waals surface area contributed by atoms with E-state index in [2.05, 4.69) is 5.10 Å². The molecule has 0 bridgehead atoms. The van der Waals surface area contributed by atoms with E-state index in [1.54, 1.807) is 6.07 Å². The molecule has 2 N–H and O–H groups in total. The molecule has 1 aliphatic heterocycles. The summed E-state index contributed by atoms with van der Waals surface area (Å²) in [5, 5.41) is 23.7. The molecule has 1 saturated heterocycles. The van der Waals surface area contributed by atoms with Crippen LogP contribution in [0.5, 0.6) is 5.75 Å². The van der Waals surface area contributed by atoms with Crippen molar-refractivity contribution in [1.82, 2.24) is 14.7 Å². The molecule has 1 aromatic heterocycles. The Bertz CT molecular complexity index is 918. The lowest BCUT2D eigenvalue weighted by molar-refractivity contribution is -0.149. The van der Waals surface area contributed by atoms with Crippen molar-refractivity contribution in [3.8, 4) is 5.75 Å². The second-order valence-corrected chi connectivity index (χ2v) is 6.72. The molecule has 0 unspecified atom stereocenters. The van der Waals surface area contributed by atoms with E-state index in [1.165, 1.54) is 28.6 Å². The van der Waals surface area contributed by atoms with Crippen LogP contribution in [0.3, 0.4) is 0 Å². The predicted octanol–water partition coefficient (Wildman–Crippen LogP) is 1.02. The number of carbonyl (C=O) groups is 3. The molecule has 8 nitrogen and oxygen atoms in total. The molecule has 8 heteroatoms. The molecule has 0 radical (unpaired) electrons. The number of aliphatic carboxylic acids is 1. The highest BCUT2D eigenvalue weighted by Gasteiger charge is 2.56. The average Bonchev–Trinajstić information content (AvgIpc) is 3.05. The number of carbonyl (C=O) groups excluding carboxylic acids is 2. The number of carboxylic acids is 1. The standard InChI is InChI=1S/C17H17N3O5/c1-8(21)16-11-6-10(22)2-3-12(11)19(18-16)7-15(23)20-13-4-9(13)5-14(20)17(24)25/h2-3,6,9,13-14,22H,4-5,7H2,1H3,(H,24,25)/t9-,13-,14+/m1/s1. The number of likely N-dealkylation sites (tertiary alicyclic amines) is 1. The largest absolute Gasteiger partial charge is 0.508 e. The van der Waals surface area contributed by atoms with Crippen molar-refractivity contribution in [1.29, 1.82) is 0 Å². The summed E-state index contributed by atoms with van der Waals surface area (Å²) in [7, 11) is 0. The molecule has 2 aliphatic rings. The van der Waals surface area contributed by atoms with Gasteiger partial charge in [0.25, 0.3) is 0 Å². The van der Waals surface area contributed by atoms with Crippen LogP contribution in [0.15, 0.2) is 18.2 Å². The van der Waals surface area contributed by atoms with Crippen molar-refractivity contribution < 1.29 is 24.6 Å². The first-order valence-electron chi connectivity index (χ1n) is 8.11. The summed E-state index contributed by atoms with van der Waals surface area (Å²) >= 11 is 0. The number of nitrogens with zero attached hydrogens (tertiary/aromatic N) is 3. The number of hydrogen-bond acceptors (Lipinski definition) is 5. The first-order chi connectivity index (χ1) is 11.9. The minimum atomic E-state index is -0.986. The predicted molar refractivity (Wildman–Crippen MR) is 86.2 cm³/mol. The maximum Gasteiger partial charge on any atom is 0.326 e. The average molecular weight is 343 g/mol.